The number of benzene rings is 1. The van der Waals surface area contributed by atoms with Crippen molar-refractivity contribution in [3.8, 4) is 11.3 Å². The summed E-state index contributed by atoms with van der Waals surface area (Å²) in [6.45, 7) is 0. The zero-order valence-corrected chi connectivity index (χ0v) is 12.8. The van der Waals surface area contributed by atoms with E-state index in [1.807, 2.05) is 6.07 Å². The summed E-state index contributed by atoms with van der Waals surface area (Å²) < 4.78 is 10.7. The van der Waals surface area contributed by atoms with Crippen molar-refractivity contribution >= 4 is 35.1 Å². The van der Waals surface area contributed by atoms with Gasteiger partial charge in [0.2, 0.25) is 5.78 Å². The number of halogens is 2. The van der Waals surface area contributed by atoms with E-state index in [-0.39, 0.29) is 11.5 Å². The lowest BCUT2D eigenvalue weighted by Gasteiger charge is -1.99. The molecule has 2 aromatic heterocycles. The summed E-state index contributed by atoms with van der Waals surface area (Å²) in [5.41, 5.74) is 0.811. The van der Waals surface area contributed by atoms with Crippen molar-refractivity contribution in [2.45, 2.75) is 0 Å². The van der Waals surface area contributed by atoms with Crippen molar-refractivity contribution in [1.29, 1.82) is 0 Å². The Morgan fingerprint density at radius 3 is 2.64 bits per heavy atom. The highest BCUT2D eigenvalue weighted by molar-refractivity contribution is 6.42. The summed E-state index contributed by atoms with van der Waals surface area (Å²) in [5, 5.41) is 0.946. The molecule has 0 atom stereocenters. The fraction of sp³-hybridized carbons (Fsp3) is 0. The number of ketones is 1. The number of allylic oxidation sites excluding steroid dienone is 1. The Kier molecular flexibility index (Phi) is 4.18. The van der Waals surface area contributed by atoms with Crippen LogP contribution >= 0.6 is 23.2 Å². The molecule has 0 spiro atoms. The molecule has 0 radical (unpaired) electrons. The molecule has 0 bridgehead atoms. The first kappa shape index (κ1) is 14.7. The molecule has 0 aliphatic heterocycles. The van der Waals surface area contributed by atoms with Crippen LogP contribution in [-0.2, 0) is 0 Å². The molecule has 22 heavy (non-hydrogen) atoms. The number of hydrogen-bond acceptors (Lipinski definition) is 3. The van der Waals surface area contributed by atoms with Crippen molar-refractivity contribution in [3.05, 3.63) is 76.4 Å². The minimum atomic E-state index is -0.225. The Bertz CT molecular complexity index is 829. The SMILES string of the molecule is O=C(/C=C/c1ccc(-c2ccc(Cl)c(Cl)c2)o1)c1ccco1. The molecule has 3 nitrogen and oxygen atoms in total. The molecule has 0 saturated heterocycles. The lowest BCUT2D eigenvalue weighted by Crippen LogP contribution is -1.89. The van der Waals surface area contributed by atoms with Crippen LogP contribution < -0.4 is 0 Å². The van der Waals surface area contributed by atoms with E-state index in [2.05, 4.69) is 0 Å². The van der Waals surface area contributed by atoms with Crippen LogP contribution in [0.4, 0.5) is 0 Å². The maximum absolute atomic E-state index is 11.8. The Morgan fingerprint density at radius 1 is 1.05 bits per heavy atom. The minimum absolute atomic E-state index is 0.225. The summed E-state index contributed by atoms with van der Waals surface area (Å²) in [7, 11) is 0. The molecule has 3 aromatic rings. The van der Waals surface area contributed by atoms with E-state index in [1.54, 1.807) is 42.5 Å². The summed E-state index contributed by atoms with van der Waals surface area (Å²) in [6, 6.07) is 12.1. The monoisotopic (exact) mass is 332 g/mol. The van der Waals surface area contributed by atoms with Crippen LogP contribution in [0.3, 0.4) is 0 Å². The van der Waals surface area contributed by atoms with Gasteiger partial charge in [0.05, 0.1) is 16.3 Å². The Morgan fingerprint density at radius 2 is 1.91 bits per heavy atom. The van der Waals surface area contributed by atoms with Gasteiger partial charge in [-0.2, -0.15) is 0 Å². The third kappa shape index (κ3) is 3.16. The van der Waals surface area contributed by atoms with Crippen molar-refractivity contribution in [2.24, 2.45) is 0 Å². The van der Waals surface area contributed by atoms with E-state index in [1.165, 1.54) is 12.3 Å². The van der Waals surface area contributed by atoms with E-state index in [0.29, 0.717) is 21.6 Å². The van der Waals surface area contributed by atoms with Crippen LogP contribution in [-0.4, -0.2) is 5.78 Å². The number of hydrogen-bond donors (Lipinski definition) is 0. The van der Waals surface area contributed by atoms with E-state index in [0.717, 1.165) is 5.56 Å². The normalized spacial score (nSPS) is 11.2. The molecule has 0 N–H and O–H groups in total. The molecule has 0 aliphatic rings. The first-order valence-corrected chi connectivity index (χ1v) is 7.20. The summed E-state index contributed by atoms with van der Waals surface area (Å²) >= 11 is 11.9. The van der Waals surface area contributed by atoms with Gasteiger partial charge in [-0.25, -0.2) is 0 Å². The number of carbonyl (C=O) groups excluding carboxylic acids is 1. The van der Waals surface area contributed by atoms with Crippen LogP contribution in [0, 0.1) is 0 Å². The highest BCUT2D eigenvalue weighted by Gasteiger charge is 2.07. The van der Waals surface area contributed by atoms with Gasteiger partial charge >= 0.3 is 0 Å². The molecule has 0 fully saturated rings. The molecular weight excluding hydrogens is 323 g/mol. The van der Waals surface area contributed by atoms with E-state index in [9.17, 15) is 4.79 Å². The zero-order valence-electron chi connectivity index (χ0n) is 11.3. The highest BCUT2D eigenvalue weighted by Crippen LogP contribution is 2.29. The molecule has 0 aliphatic carbocycles. The second-order valence-electron chi connectivity index (χ2n) is 4.51. The lowest BCUT2D eigenvalue weighted by atomic mass is 10.2. The third-order valence-electron chi connectivity index (χ3n) is 2.99. The standard InChI is InChI=1S/C17H10Cl2O3/c18-13-6-3-11(10-14(13)19)16-8-5-12(22-16)4-7-15(20)17-2-1-9-21-17/h1-10H/b7-4+. The van der Waals surface area contributed by atoms with Gasteiger partial charge in [-0.1, -0.05) is 23.2 Å². The van der Waals surface area contributed by atoms with Crippen LogP contribution in [0.15, 0.2) is 63.6 Å². The predicted molar refractivity (Wildman–Crippen MR) is 86.2 cm³/mol. The molecule has 1 aromatic carbocycles. The van der Waals surface area contributed by atoms with E-state index in [4.69, 9.17) is 32.0 Å². The van der Waals surface area contributed by atoms with E-state index >= 15 is 0 Å². The van der Waals surface area contributed by atoms with Crippen LogP contribution in [0.1, 0.15) is 16.3 Å². The number of carbonyl (C=O) groups is 1. The van der Waals surface area contributed by atoms with Crippen LogP contribution in [0.2, 0.25) is 10.0 Å². The number of furan rings is 2. The lowest BCUT2D eigenvalue weighted by molar-refractivity contribution is 0.102. The average Bonchev–Trinajstić information content (AvgIpc) is 3.19. The largest absolute Gasteiger partial charge is 0.461 e. The summed E-state index contributed by atoms with van der Waals surface area (Å²) in [5.74, 6) is 1.26. The smallest absolute Gasteiger partial charge is 0.221 e. The van der Waals surface area contributed by atoms with Gasteiger partial charge in [-0.15, -0.1) is 0 Å². The first-order valence-electron chi connectivity index (χ1n) is 6.44. The predicted octanol–water partition coefficient (Wildman–Crippen LogP) is 5.74. The molecular formula is C17H10Cl2O3. The van der Waals surface area contributed by atoms with E-state index < -0.39 is 0 Å². The Labute approximate surface area is 136 Å². The number of rotatable bonds is 4. The zero-order chi connectivity index (χ0) is 15.5. The third-order valence-corrected chi connectivity index (χ3v) is 3.73. The quantitative estimate of drug-likeness (QED) is 0.451. The average molecular weight is 333 g/mol. The van der Waals surface area contributed by atoms with Crippen LogP contribution in [0.5, 0.6) is 0 Å². The van der Waals surface area contributed by atoms with Crippen molar-refractivity contribution in [2.75, 3.05) is 0 Å². The fourth-order valence-electron chi connectivity index (χ4n) is 1.91. The Hall–Kier alpha value is -2.23. The van der Waals surface area contributed by atoms with Crippen molar-refractivity contribution in [3.63, 3.8) is 0 Å². The summed E-state index contributed by atoms with van der Waals surface area (Å²) in [4.78, 5) is 11.8. The fourth-order valence-corrected chi connectivity index (χ4v) is 2.20. The maximum atomic E-state index is 11.8. The van der Waals surface area contributed by atoms with Gasteiger partial charge in [0.1, 0.15) is 11.5 Å². The molecule has 3 rings (SSSR count). The topological polar surface area (TPSA) is 43.4 Å². The highest BCUT2D eigenvalue weighted by atomic mass is 35.5. The van der Waals surface area contributed by atoms with Crippen LogP contribution in [0.25, 0.3) is 17.4 Å². The minimum Gasteiger partial charge on any atom is -0.461 e. The Balaban J connectivity index is 1.79. The molecule has 110 valence electrons. The summed E-state index contributed by atoms with van der Waals surface area (Å²) in [6.07, 6.45) is 4.44. The molecule has 2 heterocycles. The van der Waals surface area contributed by atoms with Gasteiger partial charge in [0.15, 0.2) is 5.76 Å². The molecule has 0 amide bonds. The molecule has 5 heteroatoms. The van der Waals surface area contributed by atoms with Gasteiger partial charge in [0, 0.05) is 5.56 Å². The maximum Gasteiger partial charge on any atom is 0.221 e. The van der Waals surface area contributed by atoms with Crippen molar-refractivity contribution in [1.82, 2.24) is 0 Å². The second kappa shape index (κ2) is 6.26. The molecule has 0 unspecified atom stereocenters. The van der Waals surface area contributed by atoms with Gasteiger partial charge in [-0.05, 0) is 54.6 Å². The molecule has 0 saturated carbocycles. The first-order chi connectivity index (χ1) is 10.6. The van der Waals surface area contributed by atoms with Gasteiger partial charge in [-0.3, -0.25) is 4.79 Å². The van der Waals surface area contributed by atoms with Gasteiger partial charge in [0.25, 0.3) is 0 Å². The van der Waals surface area contributed by atoms with Crippen molar-refractivity contribution < 1.29 is 13.6 Å². The second-order valence-corrected chi connectivity index (χ2v) is 5.32. The van der Waals surface area contributed by atoms with Gasteiger partial charge < -0.3 is 8.83 Å².